The minimum atomic E-state index is -0.272. The summed E-state index contributed by atoms with van der Waals surface area (Å²) in [5.41, 5.74) is 3.43. The zero-order chi connectivity index (χ0) is 17.7. The fourth-order valence-corrected chi connectivity index (χ4v) is 2.29. The maximum absolute atomic E-state index is 12.5. The van der Waals surface area contributed by atoms with Crippen molar-refractivity contribution in [2.75, 3.05) is 5.32 Å². The number of benzene rings is 1. The van der Waals surface area contributed by atoms with Crippen LogP contribution in [0, 0.1) is 13.8 Å². The van der Waals surface area contributed by atoms with Gasteiger partial charge in [-0.05, 0) is 50.5 Å². The van der Waals surface area contributed by atoms with Gasteiger partial charge in [-0.1, -0.05) is 25.1 Å². The van der Waals surface area contributed by atoms with Gasteiger partial charge in [0.25, 0.3) is 11.8 Å². The molecule has 5 nitrogen and oxygen atoms in total. The number of para-hydroxylation sites is 1. The van der Waals surface area contributed by atoms with Crippen molar-refractivity contribution < 1.29 is 9.59 Å². The number of hydrogen-bond donors (Lipinski definition) is 2. The molecule has 2 amide bonds. The van der Waals surface area contributed by atoms with Crippen LogP contribution < -0.4 is 10.6 Å². The van der Waals surface area contributed by atoms with Crippen LogP contribution in [-0.4, -0.2) is 22.8 Å². The van der Waals surface area contributed by atoms with Gasteiger partial charge in [0.05, 0.1) is 0 Å². The molecule has 126 valence electrons. The van der Waals surface area contributed by atoms with Crippen molar-refractivity contribution in [2.24, 2.45) is 0 Å². The Morgan fingerprint density at radius 2 is 1.79 bits per heavy atom. The van der Waals surface area contributed by atoms with E-state index < -0.39 is 0 Å². The molecule has 1 aromatic carbocycles. The van der Waals surface area contributed by atoms with E-state index in [1.807, 2.05) is 45.9 Å². The number of hydrogen-bond acceptors (Lipinski definition) is 3. The number of pyridine rings is 1. The third-order valence-corrected chi connectivity index (χ3v) is 3.96. The predicted molar refractivity (Wildman–Crippen MR) is 95.3 cm³/mol. The lowest BCUT2D eigenvalue weighted by molar-refractivity contribution is 0.0934. The molecule has 1 aromatic heterocycles. The predicted octanol–water partition coefficient (Wildman–Crippen LogP) is 3.48. The van der Waals surface area contributed by atoms with Crippen LogP contribution in [0.5, 0.6) is 0 Å². The van der Waals surface area contributed by atoms with E-state index in [1.54, 1.807) is 6.07 Å². The first-order valence-corrected chi connectivity index (χ1v) is 8.06. The quantitative estimate of drug-likeness (QED) is 0.884. The second kappa shape index (κ2) is 7.73. The van der Waals surface area contributed by atoms with Crippen molar-refractivity contribution in [3.63, 3.8) is 0 Å². The van der Waals surface area contributed by atoms with Crippen molar-refractivity contribution in [3.8, 4) is 0 Å². The first-order chi connectivity index (χ1) is 11.4. The van der Waals surface area contributed by atoms with E-state index in [0.29, 0.717) is 5.56 Å². The van der Waals surface area contributed by atoms with Crippen LogP contribution >= 0.6 is 0 Å². The summed E-state index contributed by atoms with van der Waals surface area (Å²) in [5.74, 6) is -0.529. The van der Waals surface area contributed by atoms with E-state index in [1.165, 1.54) is 12.3 Å². The van der Waals surface area contributed by atoms with E-state index in [4.69, 9.17) is 0 Å². The minimum absolute atomic E-state index is 0.0615. The molecular weight excluding hydrogens is 302 g/mol. The molecule has 2 N–H and O–H groups in total. The Morgan fingerprint density at radius 3 is 2.42 bits per heavy atom. The monoisotopic (exact) mass is 325 g/mol. The van der Waals surface area contributed by atoms with Gasteiger partial charge < -0.3 is 10.6 Å². The molecule has 0 saturated carbocycles. The summed E-state index contributed by atoms with van der Waals surface area (Å²) in [6, 6.07) is 9.01. The van der Waals surface area contributed by atoms with Crippen molar-refractivity contribution >= 4 is 17.5 Å². The minimum Gasteiger partial charge on any atom is -0.348 e. The van der Waals surface area contributed by atoms with Crippen molar-refractivity contribution in [1.29, 1.82) is 0 Å². The normalized spacial score (nSPS) is 11.7. The van der Waals surface area contributed by atoms with Crippen LogP contribution in [0.3, 0.4) is 0 Å². The summed E-state index contributed by atoms with van der Waals surface area (Å²) in [5, 5.41) is 5.76. The molecule has 2 rings (SSSR count). The van der Waals surface area contributed by atoms with Gasteiger partial charge in [-0.25, -0.2) is 0 Å². The smallest absolute Gasteiger partial charge is 0.270 e. The molecule has 0 aliphatic carbocycles. The average Bonchev–Trinajstić information content (AvgIpc) is 2.58. The maximum Gasteiger partial charge on any atom is 0.270 e. The van der Waals surface area contributed by atoms with Crippen molar-refractivity contribution in [2.45, 2.75) is 40.2 Å². The largest absolute Gasteiger partial charge is 0.348 e. The Labute approximate surface area is 142 Å². The molecule has 0 bridgehead atoms. The number of nitrogens with one attached hydrogen (secondary N) is 2. The number of nitrogens with zero attached hydrogens (tertiary/aromatic N) is 1. The first kappa shape index (κ1) is 17.7. The molecule has 0 saturated heterocycles. The van der Waals surface area contributed by atoms with Crippen LogP contribution in [0.25, 0.3) is 0 Å². The van der Waals surface area contributed by atoms with Gasteiger partial charge in [0.2, 0.25) is 0 Å². The number of anilines is 1. The number of rotatable bonds is 5. The summed E-state index contributed by atoms with van der Waals surface area (Å²) in [7, 11) is 0. The number of carbonyl (C=O) groups excluding carboxylic acids is 2. The molecule has 0 fully saturated rings. The summed E-state index contributed by atoms with van der Waals surface area (Å²) in [4.78, 5) is 28.7. The Hall–Kier alpha value is -2.69. The number of carbonyl (C=O) groups is 2. The Kier molecular flexibility index (Phi) is 5.68. The second-order valence-electron chi connectivity index (χ2n) is 5.93. The number of aromatic nitrogens is 1. The van der Waals surface area contributed by atoms with Crippen LogP contribution in [-0.2, 0) is 0 Å². The van der Waals surface area contributed by atoms with E-state index in [9.17, 15) is 9.59 Å². The Morgan fingerprint density at radius 1 is 1.12 bits per heavy atom. The molecule has 1 unspecified atom stereocenters. The van der Waals surface area contributed by atoms with Gasteiger partial charge in [0.15, 0.2) is 0 Å². The second-order valence-corrected chi connectivity index (χ2v) is 5.93. The summed E-state index contributed by atoms with van der Waals surface area (Å²) in [6.45, 7) is 7.81. The van der Waals surface area contributed by atoms with Crippen molar-refractivity contribution in [1.82, 2.24) is 10.3 Å². The zero-order valence-electron chi connectivity index (χ0n) is 14.5. The van der Waals surface area contributed by atoms with Gasteiger partial charge in [-0.15, -0.1) is 0 Å². The average molecular weight is 325 g/mol. The third kappa shape index (κ3) is 4.19. The van der Waals surface area contributed by atoms with Crippen LogP contribution in [0.1, 0.15) is 52.2 Å². The fraction of sp³-hybridized carbons (Fsp3) is 0.316. The van der Waals surface area contributed by atoms with Crippen molar-refractivity contribution in [3.05, 3.63) is 58.9 Å². The van der Waals surface area contributed by atoms with E-state index in [0.717, 1.165) is 23.2 Å². The first-order valence-electron chi connectivity index (χ1n) is 8.06. The van der Waals surface area contributed by atoms with Crippen LogP contribution in [0.15, 0.2) is 36.5 Å². The van der Waals surface area contributed by atoms with Crippen LogP contribution in [0.2, 0.25) is 0 Å². The third-order valence-electron chi connectivity index (χ3n) is 3.96. The van der Waals surface area contributed by atoms with Gasteiger partial charge in [0, 0.05) is 23.5 Å². The summed E-state index contributed by atoms with van der Waals surface area (Å²) in [6.07, 6.45) is 2.31. The Bertz CT molecular complexity index is 736. The highest BCUT2D eigenvalue weighted by Crippen LogP contribution is 2.20. The molecule has 24 heavy (non-hydrogen) atoms. The van der Waals surface area contributed by atoms with Gasteiger partial charge in [-0.3, -0.25) is 14.6 Å². The lowest BCUT2D eigenvalue weighted by Gasteiger charge is -2.13. The van der Waals surface area contributed by atoms with Gasteiger partial charge in [-0.2, -0.15) is 0 Å². The van der Waals surface area contributed by atoms with E-state index in [-0.39, 0.29) is 23.6 Å². The lowest BCUT2D eigenvalue weighted by atomic mass is 10.1. The van der Waals surface area contributed by atoms with E-state index >= 15 is 0 Å². The topological polar surface area (TPSA) is 71.1 Å². The number of aryl methyl sites for hydroxylation is 2. The van der Waals surface area contributed by atoms with Gasteiger partial charge >= 0.3 is 0 Å². The highest BCUT2D eigenvalue weighted by Gasteiger charge is 2.14. The molecule has 0 aliphatic rings. The SMILES string of the molecule is CCC(C)NC(=O)c1cc(C(=O)Nc2c(C)cccc2C)ccn1. The Balaban J connectivity index is 2.19. The molecule has 1 heterocycles. The molecule has 2 aromatic rings. The lowest BCUT2D eigenvalue weighted by Crippen LogP contribution is -2.32. The zero-order valence-corrected chi connectivity index (χ0v) is 14.5. The number of amides is 2. The molecule has 1 atom stereocenters. The highest BCUT2D eigenvalue weighted by atomic mass is 16.2. The maximum atomic E-state index is 12.5. The van der Waals surface area contributed by atoms with Gasteiger partial charge in [0.1, 0.15) is 5.69 Å². The van der Waals surface area contributed by atoms with E-state index in [2.05, 4.69) is 15.6 Å². The molecule has 0 spiro atoms. The standard InChI is InChI=1S/C19H23N3O2/c1-5-14(4)21-19(24)16-11-15(9-10-20-16)18(23)22-17-12(2)7-6-8-13(17)3/h6-11,14H,5H2,1-4H3,(H,21,24)(H,22,23). The highest BCUT2D eigenvalue weighted by molar-refractivity contribution is 6.06. The fourth-order valence-electron chi connectivity index (χ4n) is 2.29. The molecule has 5 heteroatoms. The summed E-state index contributed by atoms with van der Waals surface area (Å²) >= 11 is 0. The summed E-state index contributed by atoms with van der Waals surface area (Å²) < 4.78 is 0. The van der Waals surface area contributed by atoms with Crippen LogP contribution in [0.4, 0.5) is 5.69 Å². The molecule has 0 radical (unpaired) electrons. The molecular formula is C19H23N3O2. The molecule has 0 aliphatic heterocycles.